The lowest BCUT2D eigenvalue weighted by molar-refractivity contribution is -0.116. The van der Waals surface area contributed by atoms with Gasteiger partial charge in [0.25, 0.3) is 5.56 Å². The molecule has 3 rings (SSSR count). The van der Waals surface area contributed by atoms with E-state index in [1.165, 1.54) is 31.2 Å². The van der Waals surface area contributed by atoms with Gasteiger partial charge in [-0.25, -0.2) is 9.78 Å². The van der Waals surface area contributed by atoms with Gasteiger partial charge in [0.05, 0.1) is 43.6 Å². The molecule has 1 aromatic heterocycles. The number of carbonyl (C=O) groups excluding carboxylic acids is 2. The molecule has 0 saturated heterocycles. The number of fused-ring (bicyclic) bond motifs is 1. The van der Waals surface area contributed by atoms with Crippen LogP contribution in [0.25, 0.3) is 10.9 Å². The van der Waals surface area contributed by atoms with E-state index in [-0.39, 0.29) is 12.1 Å². The van der Waals surface area contributed by atoms with Crippen LogP contribution in [0.5, 0.6) is 11.5 Å². The lowest BCUT2D eigenvalue weighted by Gasteiger charge is -2.11. The van der Waals surface area contributed by atoms with Crippen LogP contribution in [-0.4, -0.2) is 42.3 Å². The maximum absolute atomic E-state index is 12.8. The number of carbonyl (C=O) groups is 2. The molecule has 9 nitrogen and oxygen atoms in total. The third kappa shape index (κ3) is 5.00. The Kier molecular flexibility index (Phi) is 6.86. The van der Waals surface area contributed by atoms with Crippen LogP contribution in [0.2, 0.25) is 0 Å². The largest absolute Gasteiger partial charge is 0.493 e. The lowest BCUT2D eigenvalue weighted by atomic mass is 10.2. The summed E-state index contributed by atoms with van der Waals surface area (Å²) in [5, 5.41) is 3.00. The van der Waals surface area contributed by atoms with E-state index in [4.69, 9.17) is 14.2 Å². The number of ether oxygens (including phenoxy) is 3. The molecule has 0 saturated carbocycles. The monoisotopic (exact) mass is 425 g/mol. The van der Waals surface area contributed by atoms with E-state index in [2.05, 4.69) is 10.3 Å². The zero-order valence-electron chi connectivity index (χ0n) is 17.5. The molecule has 0 radical (unpaired) electrons. The quantitative estimate of drug-likeness (QED) is 0.553. The molecular weight excluding hydrogens is 402 g/mol. The van der Waals surface area contributed by atoms with E-state index in [1.807, 2.05) is 6.92 Å². The number of methoxy groups -OCH3 is 2. The van der Waals surface area contributed by atoms with Gasteiger partial charge in [-0.2, -0.15) is 0 Å². The van der Waals surface area contributed by atoms with E-state index < -0.39 is 11.9 Å². The normalized spacial score (nSPS) is 10.5. The predicted octanol–water partition coefficient (Wildman–Crippen LogP) is 2.62. The van der Waals surface area contributed by atoms with Crippen LogP contribution in [-0.2, 0) is 16.1 Å². The second-order valence-corrected chi connectivity index (χ2v) is 6.66. The molecule has 1 N–H and O–H groups in total. The van der Waals surface area contributed by atoms with Crippen LogP contribution >= 0.6 is 0 Å². The summed E-state index contributed by atoms with van der Waals surface area (Å²) in [5.74, 6) is 0.0266. The number of hydrogen-bond acceptors (Lipinski definition) is 7. The predicted molar refractivity (Wildman–Crippen MR) is 115 cm³/mol. The maximum Gasteiger partial charge on any atom is 0.338 e. The third-order valence-electron chi connectivity index (χ3n) is 4.48. The summed E-state index contributed by atoms with van der Waals surface area (Å²) in [7, 11) is 2.97. The van der Waals surface area contributed by atoms with Crippen LogP contribution in [0.1, 0.15) is 23.7 Å². The Morgan fingerprint density at radius 3 is 2.39 bits per heavy atom. The minimum atomic E-state index is -0.416. The van der Waals surface area contributed by atoms with Gasteiger partial charge < -0.3 is 19.5 Å². The molecule has 31 heavy (non-hydrogen) atoms. The maximum atomic E-state index is 12.8. The highest BCUT2D eigenvalue weighted by molar-refractivity contribution is 5.93. The average Bonchev–Trinajstić information content (AvgIpc) is 2.79. The van der Waals surface area contributed by atoms with Gasteiger partial charge in [0.1, 0.15) is 6.54 Å². The molecule has 0 aliphatic heterocycles. The summed E-state index contributed by atoms with van der Waals surface area (Å²) >= 11 is 0. The van der Waals surface area contributed by atoms with Crippen molar-refractivity contribution >= 4 is 28.5 Å². The van der Waals surface area contributed by atoms with Crippen LogP contribution in [0.4, 0.5) is 5.69 Å². The number of aromatic nitrogens is 2. The number of esters is 1. The molecule has 0 atom stereocenters. The molecule has 0 spiro atoms. The summed E-state index contributed by atoms with van der Waals surface area (Å²) in [6, 6.07) is 9.47. The van der Waals surface area contributed by atoms with Gasteiger partial charge in [0, 0.05) is 11.8 Å². The first-order chi connectivity index (χ1) is 15.0. The summed E-state index contributed by atoms with van der Waals surface area (Å²) in [5.41, 5.74) is 0.941. The highest BCUT2D eigenvalue weighted by Crippen LogP contribution is 2.29. The van der Waals surface area contributed by atoms with E-state index in [1.54, 1.807) is 30.3 Å². The summed E-state index contributed by atoms with van der Waals surface area (Å²) in [6.07, 6.45) is 2.05. The van der Waals surface area contributed by atoms with E-state index >= 15 is 0 Å². The summed E-state index contributed by atoms with van der Waals surface area (Å²) < 4.78 is 16.7. The Labute approximate surface area is 178 Å². The highest BCUT2D eigenvalue weighted by Gasteiger charge is 2.13. The average molecular weight is 425 g/mol. The van der Waals surface area contributed by atoms with Crippen molar-refractivity contribution in [2.75, 3.05) is 26.1 Å². The Morgan fingerprint density at radius 2 is 1.74 bits per heavy atom. The van der Waals surface area contributed by atoms with E-state index in [0.717, 1.165) is 6.42 Å². The molecule has 0 unspecified atom stereocenters. The van der Waals surface area contributed by atoms with Crippen molar-refractivity contribution in [1.82, 2.24) is 9.55 Å². The van der Waals surface area contributed by atoms with Gasteiger partial charge in [-0.3, -0.25) is 14.2 Å². The van der Waals surface area contributed by atoms with Gasteiger partial charge in [-0.05, 0) is 36.8 Å². The van der Waals surface area contributed by atoms with Crippen LogP contribution in [0, 0.1) is 0 Å². The van der Waals surface area contributed by atoms with Gasteiger partial charge >= 0.3 is 5.97 Å². The van der Waals surface area contributed by atoms with Gasteiger partial charge in [-0.15, -0.1) is 0 Å². The smallest absolute Gasteiger partial charge is 0.338 e. The molecule has 162 valence electrons. The topological polar surface area (TPSA) is 109 Å². The lowest BCUT2D eigenvalue weighted by Crippen LogP contribution is -2.28. The fourth-order valence-corrected chi connectivity index (χ4v) is 2.92. The van der Waals surface area contributed by atoms with Crippen molar-refractivity contribution in [2.24, 2.45) is 0 Å². The number of rotatable bonds is 8. The first-order valence-electron chi connectivity index (χ1n) is 9.65. The van der Waals surface area contributed by atoms with Gasteiger partial charge in [0.15, 0.2) is 11.5 Å². The molecular formula is C22H23N3O6. The van der Waals surface area contributed by atoms with Crippen molar-refractivity contribution in [3.05, 3.63) is 58.6 Å². The Balaban J connectivity index is 1.73. The molecule has 2 aromatic carbocycles. The highest BCUT2D eigenvalue weighted by atomic mass is 16.5. The van der Waals surface area contributed by atoms with Crippen LogP contribution < -0.4 is 20.3 Å². The standard InChI is InChI=1S/C22H23N3O6/c1-4-9-31-22(28)14-5-7-15(8-6-14)24-20(26)12-25-13-23-17-11-19(30-3)18(29-2)10-16(17)21(25)27/h5-8,10-11,13H,4,9,12H2,1-3H3,(H,24,26). The molecule has 0 fully saturated rings. The van der Waals surface area contributed by atoms with Crippen molar-refractivity contribution in [1.29, 1.82) is 0 Å². The number of amides is 1. The van der Waals surface area contributed by atoms with Gasteiger partial charge in [-0.1, -0.05) is 6.92 Å². The Bertz CT molecular complexity index is 1150. The van der Waals surface area contributed by atoms with Crippen molar-refractivity contribution in [3.8, 4) is 11.5 Å². The zero-order valence-corrected chi connectivity index (χ0v) is 17.5. The molecule has 3 aromatic rings. The van der Waals surface area contributed by atoms with E-state index in [0.29, 0.717) is 40.3 Å². The van der Waals surface area contributed by atoms with Crippen LogP contribution in [0.15, 0.2) is 47.5 Å². The Hall–Kier alpha value is -3.88. The van der Waals surface area contributed by atoms with Gasteiger partial charge in [0.2, 0.25) is 5.91 Å². The summed E-state index contributed by atoms with van der Waals surface area (Å²) in [4.78, 5) is 41.3. The Morgan fingerprint density at radius 1 is 1.06 bits per heavy atom. The minimum Gasteiger partial charge on any atom is -0.493 e. The number of hydrogen-bond donors (Lipinski definition) is 1. The molecule has 0 aliphatic rings. The van der Waals surface area contributed by atoms with Crippen molar-refractivity contribution in [2.45, 2.75) is 19.9 Å². The SMILES string of the molecule is CCCOC(=O)c1ccc(NC(=O)Cn2cnc3cc(OC)c(OC)cc3c2=O)cc1. The fraction of sp³-hybridized carbons (Fsp3) is 0.273. The number of nitrogens with one attached hydrogen (secondary N) is 1. The van der Waals surface area contributed by atoms with E-state index in [9.17, 15) is 14.4 Å². The fourth-order valence-electron chi connectivity index (χ4n) is 2.92. The van der Waals surface area contributed by atoms with Crippen molar-refractivity contribution in [3.63, 3.8) is 0 Å². The zero-order chi connectivity index (χ0) is 22.4. The molecule has 0 bridgehead atoms. The first kappa shape index (κ1) is 21.8. The molecule has 1 amide bonds. The van der Waals surface area contributed by atoms with Crippen LogP contribution in [0.3, 0.4) is 0 Å². The summed E-state index contributed by atoms with van der Waals surface area (Å²) in [6.45, 7) is 2.04. The second kappa shape index (κ2) is 9.75. The minimum absolute atomic E-state index is 0.226. The third-order valence-corrected chi connectivity index (χ3v) is 4.48. The molecule has 1 heterocycles. The number of benzene rings is 2. The molecule has 0 aliphatic carbocycles. The molecule has 9 heteroatoms. The first-order valence-corrected chi connectivity index (χ1v) is 9.65. The number of anilines is 1. The second-order valence-electron chi connectivity index (χ2n) is 6.66. The van der Waals surface area contributed by atoms with Crippen molar-refractivity contribution < 1.29 is 23.8 Å². The number of nitrogens with zero attached hydrogens (tertiary/aromatic N) is 2.